The van der Waals surface area contributed by atoms with Gasteiger partial charge in [0.25, 0.3) is 0 Å². The largest absolute Gasteiger partial charge is 0.382 e. The van der Waals surface area contributed by atoms with Crippen molar-refractivity contribution in [3.8, 4) is 0 Å². The summed E-state index contributed by atoms with van der Waals surface area (Å²) in [5.41, 5.74) is 0. The standard InChI is InChI=1S/C13H25NO3/c1-4-17-9-5-6-13(15)14-8-7-12(16-3)10-11(14)2/h11-12H,4-10H2,1-3H3/t11-,12-/m1/s1. The first kappa shape index (κ1) is 14.5. The van der Waals surface area contributed by atoms with Gasteiger partial charge in [-0.05, 0) is 33.1 Å². The van der Waals surface area contributed by atoms with Crippen molar-refractivity contribution in [3.05, 3.63) is 0 Å². The maximum Gasteiger partial charge on any atom is 0.222 e. The first-order valence-corrected chi connectivity index (χ1v) is 6.59. The summed E-state index contributed by atoms with van der Waals surface area (Å²) in [6.07, 6.45) is 3.65. The number of carbonyl (C=O) groups excluding carboxylic acids is 1. The summed E-state index contributed by atoms with van der Waals surface area (Å²) >= 11 is 0. The summed E-state index contributed by atoms with van der Waals surface area (Å²) in [6, 6.07) is 0.299. The molecule has 17 heavy (non-hydrogen) atoms. The van der Waals surface area contributed by atoms with E-state index in [9.17, 15) is 4.79 Å². The topological polar surface area (TPSA) is 38.8 Å². The molecule has 0 aromatic heterocycles. The Morgan fingerprint density at radius 2 is 2.24 bits per heavy atom. The lowest BCUT2D eigenvalue weighted by Crippen LogP contribution is -2.46. The predicted molar refractivity (Wildman–Crippen MR) is 66.9 cm³/mol. The number of carbonyl (C=O) groups is 1. The fourth-order valence-electron chi connectivity index (χ4n) is 2.33. The molecular formula is C13H25NO3. The second-order valence-electron chi connectivity index (χ2n) is 4.62. The molecule has 0 spiro atoms. The fourth-order valence-corrected chi connectivity index (χ4v) is 2.33. The van der Waals surface area contributed by atoms with Gasteiger partial charge in [0.05, 0.1) is 6.10 Å². The van der Waals surface area contributed by atoms with Crippen LogP contribution in [0, 0.1) is 0 Å². The number of ether oxygens (including phenoxy) is 2. The normalized spacial score (nSPS) is 25.0. The molecule has 4 heteroatoms. The molecule has 0 aromatic carbocycles. The molecule has 0 N–H and O–H groups in total. The molecule has 1 fully saturated rings. The molecule has 0 unspecified atom stereocenters. The van der Waals surface area contributed by atoms with Crippen molar-refractivity contribution in [1.29, 1.82) is 0 Å². The molecule has 1 heterocycles. The Balaban J connectivity index is 2.27. The van der Waals surface area contributed by atoms with E-state index in [0.717, 1.165) is 32.4 Å². The van der Waals surface area contributed by atoms with Crippen LogP contribution in [0.2, 0.25) is 0 Å². The first-order chi connectivity index (χ1) is 8.19. The second kappa shape index (κ2) is 7.67. The van der Waals surface area contributed by atoms with E-state index in [-0.39, 0.29) is 5.91 Å². The highest BCUT2D eigenvalue weighted by molar-refractivity contribution is 5.76. The van der Waals surface area contributed by atoms with E-state index >= 15 is 0 Å². The van der Waals surface area contributed by atoms with Crippen LogP contribution in [0.3, 0.4) is 0 Å². The summed E-state index contributed by atoms with van der Waals surface area (Å²) in [6.45, 7) is 6.31. The number of piperidine rings is 1. The van der Waals surface area contributed by atoms with Crippen molar-refractivity contribution in [2.45, 2.75) is 51.7 Å². The lowest BCUT2D eigenvalue weighted by Gasteiger charge is -2.37. The van der Waals surface area contributed by atoms with Gasteiger partial charge in [0, 0.05) is 39.3 Å². The lowest BCUT2D eigenvalue weighted by atomic mass is 10.00. The molecule has 0 radical (unpaired) electrons. The summed E-state index contributed by atoms with van der Waals surface area (Å²) < 4.78 is 10.6. The van der Waals surface area contributed by atoms with Crippen LogP contribution < -0.4 is 0 Å². The van der Waals surface area contributed by atoms with Crippen molar-refractivity contribution >= 4 is 5.91 Å². The third-order valence-corrected chi connectivity index (χ3v) is 3.37. The van der Waals surface area contributed by atoms with Crippen molar-refractivity contribution in [2.75, 3.05) is 26.9 Å². The molecule has 1 rings (SSSR count). The van der Waals surface area contributed by atoms with Crippen LogP contribution in [0.15, 0.2) is 0 Å². The fraction of sp³-hybridized carbons (Fsp3) is 0.923. The van der Waals surface area contributed by atoms with E-state index in [4.69, 9.17) is 9.47 Å². The number of likely N-dealkylation sites (tertiary alicyclic amines) is 1. The highest BCUT2D eigenvalue weighted by Gasteiger charge is 2.28. The summed E-state index contributed by atoms with van der Waals surface area (Å²) in [5.74, 6) is 0.256. The van der Waals surface area contributed by atoms with Gasteiger partial charge >= 0.3 is 0 Å². The Morgan fingerprint density at radius 3 is 2.82 bits per heavy atom. The zero-order chi connectivity index (χ0) is 12.7. The van der Waals surface area contributed by atoms with Crippen molar-refractivity contribution < 1.29 is 14.3 Å². The zero-order valence-electron chi connectivity index (χ0n) is 11.3. The van der Waals surface area contributed by atoms with Gasteiger partial charge in [-0.15, -0.1) is 0 Å². The lowest BCUT2D eigenvalue weighted by molar-refractivity contribution is -0.136. The van der Waals surface area contributed by atoms with E-state index in [2.05, 4.69) is 6.92 Å². The minimum Gasteiger partial charge on any atom is -0.382 e. The highest BCUT2D eigenvalue weighted by atomic mass is 16.5. The molecule has 0 bridgehead atoms. The Hall–Kier alpha value is -0.610. The molecule has 1 aliphatic rings. The maximum absolute atomic E-state index is 12.0. The van der Waals surface area contributed by atoms with Gasteiger partial charge in [0.15, 0.2) is 0 Å². The van der Waals surface area contributed by atoms with Crippen LogP contribution in [0.1, 0.15) is 39.5 Å². The first-order valence-electron chi connectivity index (χ1n) is 6.59. The molecule has 2 atom stereocenters. The minimum absolute atomic E-state index is 0.256. The van der Waals surface area contributed by atoms with E-state index in [1.165, 1.54) is 0 Å². The molecule has 4 nitrogen and oxygen atoms in total. The number of amides is 1. The van der Waals surface area contributed by atoms with Crippen LogP contribution in [0.4, 0.5) is 0 Å². The number of rotatable bonds is 6. The van der Waals surface area contributed by atoms with Gasteiger partial charge in [-0.25, -0.2) is 0 Å². The van der Waals surface area contributed by atoms with Crippen molar-refractivity contribution in [2.24, 2.45) is 0 Å². The highest BCUT2D eigenvalue weighted by Crippen LogP contribution is 2.20. The Morgan fingerprint density at radius 1 is 1.47 bits per heavy atom. The van der Waals surface area contributed by atoms with Crippen LogP contribution in [0.5, 0.6) is 0 Å². The van der Waals surface area contributed by atoms with Crippen molar-refractivity contribution in [3.63, 3.8) is 0 Å². The second-order valence-corrected chi connectivity index (χ2v) is 4.62. The van der Waals surface area contributed by atoms with Gasteiger partial charge in [-0.3, -0.25) is 4.79 Å². The molecule has 1 amide bonds. The third kappa shape index (κ3) is 4.64. The average molecular weight is 243 g/mol. The number of methoxy groups -OCH3 is 1. The molecule has 1 saturated heterocycles. The molecule has 0 aromatic rings. The Bertz CT molecular complexity index is 233. The van der Waals surface area contributed by atoms with Gasteiger partial charge in [0.1, 0.15) is 0 Å². The Labute approximate surface area is 104 Å². The molecule has 100 valence electrons. The van der Waals surface area contributed by atoms with Crippen molar-refractivity contribution in [1.82, 2.24) is 4.90 Å². The Kier molecular flexibility index (Phi) is 6.52. The number of hydrogen-bond donors (Lipinski definition) is 0. The van der Waals surface area contributed by atoms with E-state index in [1.807, 2.05) is 11.8 Å². The quantitative estimate of drug-likeness (QED) is 0.668. The van der Waals surface area contributed by atoms with E-state index in [0.29, 0.717) is 25.2 Å². The zero-order valence-corrected chi connectivity index (χ0v) is 11.3. The summed E-state index contributed by atoms with van der Waals surface area (Å²) in [5, 5.41) is 0. The SMILES string of the molecule is CCOCCCC(=O)N1CC[C@@H](OC)C[C@H]1C. The number of nitrogens with zero attached hydrogens (tertiary/aromatic N) is 1. The van der Waals surface area contributed by atoms with E-state index in [1.54, 1.807) is 7.11 Å². The van der Waals surface area contributed by atoms with Crippen LogP contribution in [-0.2, 0) is 14.3 Å². The summed E-state index contributed by atoms with van der Waals surface area (Å²) in [4.78, 5) is 14.0. The van der Waals surface area contributed by atoms with Crippen LogP contribution in [0.25, 0.3) is 0 Å². The molecule has 0 saturated carbocycles. The maximum atomic E-state index is 12.0. The van der Waals surface area contributed by atoms with E-state index < -0.39 is 0 Å². The third-order valence-electron chi connectivity index (χ3n) is 3.37. The smallest absolute Gasteiger partial charge is 0.222 e. The van der Waals surface area contributed by atoms with Gasteiger partial charge in [-0.1, -0.05) is 0 Å². The summed E-state index contributed by atoms with van der Waals surface area (Å²) in [7, 11) is 1.75. The van der Waals surface area contributed by atoms with Crippen LogP contribution >= 0.6 is 0 Å². The molecule has 1 aliphatic heterocycles. The molecular weight excluding hydrogens is 218 g/mol. The average Bonchev–Trinajstić information content (AvgIpc) is 2.34. The minimum atomic E-state index is 0.256. The number of hydrogen-bond acceptors (Lipinski definition) is 3. The van der Waals surface area contributed by atoms with Crippen LogP contribution in [-0.4, -0.2) is 49.8 Å². The predicted octanol–water partition coefficient (Wildman–Crippen LogP) is 1.83. The molecule has 0 aliphatic carbocycles. The van der Waals surface area contributed by atoms with Gasteiger partial charge in [-0.2, -0.15) is 0 Å². The monoisotopic (exact) mass is 243 g/mol. The van der Waals surface area contributed by atoms with Gasteiger partial charge < -0.3 is 14.4 Å². The van der Waals surface area contributed by atoms with Gasteiger partial charge in [0.2, 0.25) is 5.91 Å².